The number of anilines is 4. The van der Waals surface area contributed by atoms with Crippen molar-refractivity contribution >= 4 is 29.0 Å². The van der Waals surface area contributed by atoms with Crippen LogP contribution in [0.2, 0.25) is 0 Å². The molecule has 32 heavy (non-hydrogen) atoms. The van der Waals surface area contributed by atoms with E-state index >= 15 is 0 Å². The summed E-state index contributed by atoms with van der Waals surface area (Å²) < 4.78 is 5.42. The number of nitrogens with zero attached hydrogens (tertiary/aromatic N) is 4. The Hall–Kier alpha value is -3.81. The van der Waals surface area contributed by atoms with Crippen LogP contribution in [-0.4, -0.2) is 48.7 Å². The van der Waals surface area contributed by atoms with Gasteiger partial charge >= 0.3 is 0 Å². The quantitative estimate of drug-likeness (QED) is 0.617. The number of rotatable bonds is 6. The Morgan fingerprint density at radius 2 is 1.75 bits per heavy atom. The SMILES string of the molecule is CCOc1ccc(NC(=O)c2cnc(N3CCN(c4ccccc4C)CC3)nc2N)cc1. The molecule has 2 heterocycles. The van der Waals surface area contributed by atoms with Gasteiger partial charge < -0.3 is 25.6 Å². The van der Waals surface area contributed by atoms with Gasteiger partial charge in [-0.15, -0.1) is 0 Å². The van der Waals surface area contributed by atoms with Gasteiger partial charge in [-0.2, -0.15) is 4.98 Å². The zero-order valence-corrected chi connectivity index (χ0v) is 18.4. The largest absolute Gasteiger partial charge is 0.494 e. The number of aryl methyl sites for hydroxylation is 1. The monoisotopic (exact) mass is 432 g/mol. The molecule has 1 aliphatic heterocycles. The lowest BCUT2D eigenvalue weighted by atomic mass is 10.1. The van der Waals surface area contributed by atoms with E-state index in [2.05, 4.69) is 56.3 Å². The maximum Gasteiger partial charge on any atom is 0.260 e. The third-order valence-corrected chi connectivity index (χ3v) is 5.49. The molecule has 0 unspecified atom stereocenters. The topological polar surface area (TPSA) is 96.6 Å². The molecule has 0 spiro atoms. The van der Waals surface area contributed by atoms with Crippen LogP contribution >= 0.6 is 0 Å². The highest BCUT2D eigenvalue weighted by Crippen LogP contribution is 2.23. The number of nitrogens with two attached hydrogens (primary N) is 1. The molecule has 2 aromatic carbocycles. The molecule has 4 rings (SSSR count). The first-order valence-electron chi connectivity index (χ1n) is 10.8. The van der Waals surface area contributed by atoms with Gasteiger partial charge in [-0.25, -0.2) is 4.98 Å². The van der Waals surface area contributed by atoms with E-state index in [-0.39, 0.29) is 17.3 Å². The fraction of sp³-hybridized carbons (Fsp3) is 0.292. The third-order valence-electron chi connectivity index (χ3n) is 5.49. The number of carbonyl (C=O) groups is 1. The third kappa shape index (κ3) is 4.74. The Labute approximate surface area is 188 Å². The Balaban J connectivity index is 1.39. The summed E-state index contributed by atoms with van der Waals surface area (Å²) in [5.74, 6) is 1.12. The fourth-order valence-corrected chi connectivity index (χ4v) is 3.78. The van der Waals surface area contributed by atoms with Crippen LogP contribution in [0.5, 0.6) is 5.75 Å². The van der Waals surface area contributed by atoms with Crippen LogP contribution < -0.4 is 25.6 Å². The standard InChI is InChI=1S/C24H28N6O2/c1-3-32-19-10-8-18(9-11-19)27-23(31)20-16-26-24(28-22(20)25)30-14-12-29(13-15-30)21-7-5-4-6-17(21)2/h4-11,16H,3,12-15H2,1-2H3,(H,27,31)(H2,25,26,28). The second-order valence-electron chi connectivity index (χ2n) is 7.64. The summed E-state index contributed by atoms with van der Waals surface area (Å²) in [6.45, 7) is 7.95. The van der Waals surface area contributed by atoms with Crippen LogP contribution in [-0.2, 0) is 0 Å². The number of benzene rings is 2. The van der Waals surface area contributed by atoms with Gasteiger partial charge in [-0.05, 0) is 49.7 Å². The molecular weight excluding hydrogens is 404 g/mol. The molecule has 0 aliphatic carbocycles. The molecule has 1 amide bonds. The summed E-state index contributed by atoms with van der Waals surface area (Å²) in [5, 5.41) is 2.82. The normalized spacial score (nSPS) is 13.7. The molecule has 0 saturated carbocycles. The Morgan fingerprint density at radius 1 is 1.06 bits per heavy atom. The maximum absolute atomic E-state index is 12.6. The van der Waals surface area contributed by atoms with Crippen molar-refractivity contribution < 1.29 is 9.53 Å². The van der Waals surface area contributed by atoms with Crippen molar-refractivity contribution in [3.05, 3.63) is 65.9 Å². The Kier molecular flexibility index (Phi) is 6.39. The lowest BCUT2D eigenvalue weighted by Gasteiger charge is -2.36. The van der Waals surface area contributed by atoms with Gasteiger partial charge in [0.2, 0.25) is 5.95 Å². The van der Waals surface area contributed by atoms with Crippen molar-refractivity contribution in [1.29, 1.82) is 0 Å². The summed E-state index contributed by atoms with van der Waals surface area (Å²) in [5.41, 5.74) is 9.54. The number of ether oxygens (including phenoxy) is 1. The molecule has 0 bridgehead atoms. The predicted octanol–water partition coefficient (Wildman–Crippen LogP) is 3.34. The van der Waals surface area contributed by atoms with E-state index in [1.165, 1.54) is 17.4 Å². The maximum atomic E-state index is 12.6. The van der Waals surface area contributed by atoms with E-state index in [9.17, 15) is 4.79 Å². The van der Waals surface area contributed by atoms with Crippen molar-refractivity contribution in [3.8, 4) is 5.75 Å². The molecule has 8 heteroatoms. The zero-order chi connectivity index (χ0) is 22.5. The number of carbonyl (C=O) groups excluding carboxylic acids is 1. The van der Waals surface area contributed by atoms with Gasteiger partial charge in [0.15, 0.2) is 0 Å². The molecule has 1 aromatic heterocycles. The van der Waals surface area contributed by atoms with Gasteiger partial charge in [0.05, 0.1) is 6.61 Å². The summed E-state index contributed by atoms with van der Waals surface area (Å²) >= 11 is 0. The van der Waals surface area contributed by atoms with E-state index in [1.807, 2.05) is 6.92 Å². The smallest absolute Gasteiger partial charge is 0.260 e. The van der Waals surface area contributed by atoms with Gasteiger partial charge in [0.25, 0.3) is 5.91 Å². The number of nitrogen functional groups attached to an aromatic ring is 1. The first-order valence-corrected chi connectivity index (χ1v) is 10.8. The average Bonchev–Trinajstić information content (AvgIpc) is 2.81. The summed E-state index contributed by atoms with van der Waals surface area (Å²) in [6.07, 6.45) is 1.50. The second-order valence-corrected chi connectivity index (χ2v) is 7.64. The van der Waals surface area contributed by atoms with Crippen LogP contribution in [0, 0.1) is 6.92 Å². The zero-order valence-electron chi connectivity index (χ0n) is 18.4. The minimum atomic E-state index is -0.345. The first-order chi connectivity index (χ1) is 15.5. The number of nitrogens with one attached hydrogen (secondary N) is 1. The van der Waals surface area contributed by atoms with E-state index in [4.69, 9.17) is 10.5 Å². The molecular formula is C24H28N6O2. The predicted molar refractivity (Wildman–Crippen MR) is 128 cm³/mol. The Morgan fingerprint density at radius 3 is 2.41 bits per heavy atom. The highest BCUT2D eigenvalue weighted by atomic mass is 16.5. The molecule has 1 fully saturated rings. The highest BCUT2D eigenvalue weighted by Gasteiger charge is 2.22. The lowest BCUT2D eigenvalue weighted by Crippen LogP contribution is -2.47. The molecule has 0 radical (unpaired) electrons. The average molecular weight is 433 g/mol. The van der Waals surface area contributed by atoms with Gasteiger partial charge in [-0.3, -0.25) is 4.79 Å². The molecule has 166 valence electrons. The number of aromatic nitrogens is 2. The summed E-state index contributed by atoms with van der Waals surface area (Å²) in [6, 6.07) is 15.6. The van der Waals surface area contributed by atoms with Crippen LogP contribution in [0.25, 0.3) is 0 Å². The van der Waals surface area contributed by atoms with Crippen molar-refractivity contribution in [2.45, 2.75) is 13.8 Å². The van der Waals surface area contributed by atoms with Crippen molar-refractivity contribution in [1.82, 2.24) is 9.97 Å². The van der Waals surface area contributed by atoms with Gasteiger partial charge in [0.1, 0.15) is 17.1 Å². The minimum absolute atomic E-state index is 0.166. The molecule has 1 aliphatic rings. The highest BCUT2D eigenvalue weighted by molar-refractivity contribution is 6.07. The van der Waals surface area contributed by atoms with Crippen LogP contribution in [0.3, 0.4) is 0 Å². The van der Waals surface area contributed by atoms with Crippen LogP contribution in [0.1, 0.15) is 22.8 Å². The Bertz CT molecular complexity index is 1080. The summed E-state index contributed by atoms with van der Waals surface area (Å²) in [4.78, 5) is 25.9. The molecule has 3 N–H and O–H groups in total. The second kappa shape index (κ2) is 9.55. The summed E-state index contributed by atoms with van der Waals surface area (Å²) in [7, 11) is 0. The number of amides is 1. The number of piperazine rings is 1. The fourth-order valence-electron chi connectivity index (χ4n) is 3.78. The van der Waals surface area contributed by atoms with E-state index in [0.717, 1.165) is 31.9 Å². The molecule has 0 atom stereocenters. The first kappa shape index (κ1) is 21.4. The number of para-hydroxylation sites is 1. The van der Waals surface area contributed by atoms with Crippen molar-refractivity contribution in [2.24, 2.45) is 0 Å². The number of hydrogen-bond acceptors (Lipinski definition) is 7. The molecule has 1 saturated heterocycles. The number of hydrogen-bond donors (Lipinski definition) is 2. The van der Waals surface area contributed by atoms with E-state index in [1.54, 1.807) is 24.3 Å². The van der Waals surface area contributed by atoms with Gasteiger partial charge in [0, 0.05) is 43.8 Å². The van der Waals surface area contributed by atoms with Crippen LogP contribution in [0.15, 0.2) is 54.7 Å². The van der Waals surface area contributed by atoms with Crippen LogP contribution in [0.4, 0.5) is 23.1 Å². The van der Waals surface area contributed by atoms with E-state index < -0.39 is 0 Å². The van der Waals surface area contributed by atoms with Crippen molar-refractivity contribution in [2.75, 3.05) is 53.6 Å². The van der Waals surface area contributed by atoms with Crippen molar-refractivity contribution in [3.63, 3.8) is 0 Å². The van der Waals surface area contributed by atoms with Gasteiger partial charge in [-0.1, -0.05) is 18.2 Å². The molecule has 3 aromatic rings. The minimum Gasteiger partial charge on any atom is -0.494 e. The lowest BCUT2D eigenvalue weighted by molar-refractivity contribution is 0.102. The molecule has 8 nitrogen and oxygen atoms in total. The van der Waals surface area contributed by atoms with E-state index in [0.29, 0.717) is 18.2 Å².